The zero-order valence-corrected chi connectivity index (χ0v) is 11.2. The topological polar surface area (TPSA) is 54.6 Å². The first kappa shape index (κ1) is 12.7. The molecule has 0 aliphatic rings. The van der Waals surface area contributed by atoms with Crippen molar-refractivity contribution in [3.05, 3.63) is 59.4 Å². The number of pyridine rings is 1. The van der Waals surface area contributed by atoms with Crippen LogP contribution in [0.5, 0.6) is 0 Å². The van der Waals surface area contributed by atoms with Crippen LogP contribution in [0.2, 0.25) is 5.02 Å². The number of carboxylic acids is 1. The molecule has 0 spiro atoms. The lowest BCUT2D eigenvalue weighted by Crippen LogP contribution is -1.99. The van der Waals surface area contributed by atoms with Gasteiger partial charge in [-0.3, -0.25) is 4.79 Å². The van der Waals surface area contributed by atoms with E-state index >= 15 is 0 Å². The van der Waals surface area contributed by atoms with Gasteiger partial charge in [-0.05, 0) is 23.8 Å². The van der Waals surface area contributed by atoms with Crippen LogP contribution in [-0.4, -0.2) is 20.7 Å². The van der Waals surface area contributed by atoms with Crippen LogP contribution >= 0.6 is 11.6 Å². The Labute approximate surface area is 120 Å². The summed E-state index contributed by atoms with van der Waals surface area (Å²) in [4.78, 5) is 10.9. The van der Waals surface area contributed by atoms with E-state index in [0.717, 1.165) is 16.6 Å². The fourth-order valence-electron chi connectivity index (χ4n) is 2.19. The number of nitrogens with zero attached hydrogens (tertiary/aromatic N) is 2. The molecule has 0 saturated heterocycles. The average molecular weight is 287 g/mol. The highest BCUT2D eigenvalue weighted by atomic mass is 35.5. The Bertz CT molecular complexity index is 795. The molecular weight excluding hydrogens is 276 g/mol. The Balaban J connectivity index is 2.14. The maximum atomic E-state index is 10.9. The molecule has 20 heavy (non-hydrogen) atoms. The number of aliphatic carboxylic acids is 1. The van der Waals surface area contributed by atoms with Gasteiger partial charge >= 0.3 is 5.97 Å². The Morgan fingerprint density at radius 2 is 2.10 bits per heavy atom. The van der Waals surface area contributed by atoms with E-state index in [9.17, 15) is 4.79 Å². The number of benzene rings is 1. The fraction of sp³-hybridized carbons (Fsp3) is 0.0667. The average Bonchev–Trinajstić information content (AvgIpc) is 2.81. The van der Waals surface area contributed by atoms with E-state index in [1.807, 2.05) is 36.4 Å². The second kappa shape index (κ2) is 4.98. The fourth-order valence-corrected chi connectivity index (χ4v) is 2.44. The van der Waals surface area contributed by atoms with E-state index < -0.39 is 5.97 Å². The van der Waals surface area contributed by atoms with Gasteiger partial charge in [0, 0.05) is 22.3 Å². The van der Waals surface area contributed by atoms with E-state index in [4.69, 9.17) is 16.7 Å². The molecule has 4 nitrogen and oxygen atoms in total. The zero-order chi connectivity index (χ0) is 14.1. The summed E-state index contributed by atoms with van der Waals surface area (Å²) in [5, 5.41) is 13.7. The quantitative estimate of drug-likeness (QED) is 0.804. The first-order valence-corrected chi connectivity index (χ1v) is 6.46. The maximum absolute atomic E-state index is 10.9. The van der Waals surface area contributed by atoms with Gasteiger partial charge in [0.2, 0.25) is 0 Å². The van der Waals surface area contributed by atoms with Crippen LogP contribution in [0.15, 0.2) is 48.8 Å². The summed E-state index contributed by atoms with van der Waals surface area (Å²) in [7, 11) is 0. The minimum atomic E-state index is -0.872. The second-order valence-electron chi connectivity index (χ2n) is 4.47. The number of hydrogen-bond acceptors (Lipinski definition) is 2. The van der Waals surface area contributed by atoms with Crippen molar-refractivity contribution < 1.29 is 9.90 Å². The van der Waals surface area contributed by atoms with Crippen LogP contribution in [-0.2, 0) is 11.2 Å². The molecule has 1 N–H and O–H groups in total. The van der Waals surface area contributed by atoms with Gasteiger partial charge in [0.25, 0.3) is 0 Å². The molecule has 1 aromatic carbocycles. The summed E-state index contributed by atoms with van der Waals surface area (Å²) in [6.45, 7) is 0. The van der Waals surface area contributed by atoms with Crippen molar-refractivity contribution in [3.8, 4) is 11.1 Å². The summed E-state index contributed by atoms with van der Waals surface area (Å²) in [5.74, 6) is -0.872. The first-order valence-electron chi connectivity index (χ1n) is 6.08. The molecule has 0 atom stereocenters. The minimum absolute atomic E-state index is 0.0462. The molecule has 0 aliphatic heterocycles. The predicted octanol–water partition coefficient (Wildman–Crippen LogP) is 3.28. The molecule has 5 heteroatoms. The monoisotopic (exact) mass is 286 g/mol. The Hall–Kier alpha value is -2.33. The van der Waals surface area contributed by atoms with Gasteiger partial charge in [-0.25, -0.2) is 4.52 Å². The Morgan fingerprint density at radius 1 is 1.30 bits per heavy atom. The summed E-state index contributed by atoms with van der Waals surface area (Å²) in [6, 6.07) is 11.4. The van der Waals surface area contributed by atoms with Gasteiger partial charge in [-0.1, -0.05) is 29.8 Å². The molecule has 0 bridgehead atoms. The molecule has 0 aliphatic carbocycles. The standard InChI is InChI=1S/C15H11ClN2O2/c16-13-4-2-1-3-12(13)10-5-6-18-14(7-10)11(9-17-18)8-15(19)20/h1-7,9H,8H2,(H,19,20). The van der Waals surface area contributed by atoms with Gasteiger partial charge in [0.05, 0.1) is 18.1 Å². The third-order valence-electron chi connectivity index (χ3n) is 3.13. The number of carbonyl (C=O) groups is 1. The van der Waals surface area contributed by atoms with Gasteiger partial charge < -0.3 is 5.11 Å². The molecule has 0 fully saturated rings. The maximum Gasteiger partial charge on any atom is 0.307 e. The van der Waals surface area contributed by atoms with Crippen molar-refractivity contribution in [2.75, 3.05) is 0 Å². The molecule has 0 saturated carbocycles. The Kier molecular flexibility index (Phi) is 3.16. The summed E-state index contributed by atoms with van der Waals surface area (Å²) < 4.78 is 1.67. The van der Waals surface area contributed by atoms with Crippen LogP contribution in [0.25, 0.3) is 16.6 Å². The molecule has 2 heterocycles. The van der Waals surface area contributed by atoms with E-state index in [1.54, 1.807) is 16.9 Å². The third-order valence-corrected chi connectivity index (χ3v) is 3.46. The number of halogens is 1. The van der Waals surface area contributed by atoms with Crippen molar-refractivity contribution in [1.29, 1.82) is 0 Å². The molecule has 0 radical (unpaired) electrons. The molecule has 0 amide bonds. The summed E-state index contributed by atoms with van der Waals surface area (Å²) in [6.07, 6.45) is 3.34. The molecule has 3 rings (SSSR count). The number of fused-ring (bicyclic) bond motifs is 1. The number of aromatic nitrogens is 2. The lowest BCUT2D eigenvalue weighted by atomic mass is 10.1. The van der Waals surface area contributed by atoms with Crippen LogP contribution in [0.3, 0.4) is 0 Å². The first-order chi connectivity index (χ1) is 9.65. The van der Waals surface area contributed by atoms with Gasteiger partial charge in [-0.2, -0.15) is 5.10 Å². The number of rotatable bonds is 3. The highest BCUT2D eigenvalue weighted by molar-refractivity contribution is 6.33. The van der Waals surface area contributed by atoms with Crippen molar-refractivity contribution in [1.82, 2.24) is 9.61 Å². The molecule has 0 unspecified atom stereocenters. The highest BCUT2D eigenvalue weighted by Gasteiger charge is 2.10. The largest absolute Gasteiger partial charge is 0.481 e. The van der Waals surface area contributed by atoms with E-state index in [-0.39, 0.29) is 6.42 Å². The van der Waals surface area contributed by atoms with Gasteiger partial charge in [0.15, 0.2) is 0 Å². The third kappa shape index (κ3) is 2.26. The van der Waals surface area contributed by atoms with Gasteiger partial charge in [-0.15, -0.1) is 0 Å². The predicted molar refractivity (Wildman–Crippen MR) is 77.0 cm³/mol. The molecular formula is C15H11ClN2O2. The van der Waals surface area contributed by atoms with E-state index in [2.05, 4.69) is 5.10 Å². The normalized spacial score (nSPS) is 10.8. The van der Waals surface area contributed by atoms with Crippen LogP contribution in [0.1, 0.15) is 5.56 Å². The van der Waals surface area contributed by atoms with Crippen LogP contribution < -0.4 is 0 Å². The highest BCUT2D eigenvalue weighted by Crippen LogP contribution is 2.28. The number of carboxylic acid groups (broad SMARTS) is 1. The van der Waals surface area contributed by atoms with E-state index in [0.29, 0.717) is 10.6 Å². The van der Waals surface area contributed by atoms with Crippen molar-refractivity contribution in [3.63, 3.8) is 0 Å². The molecule has 100 valence electrons. The summed E-state index contributed by atoms with van der Waals surface area (Å²) in [5.41, 5.74) is 3.32. The smallest absolute Gasteiger partial charge is 0.307 e. The SMILES string of the molecule is O=C(O)Cc1cnn2ccc(-c3ccccc3Cl)cc12. The summed E-state index contributed by atoms with van der Waals surface area (Å²) >= 11 is 6.19. The molecule has 3 aromatic rings. The van der Waals surface area contributed by atoms with E-state index in [1.165, 1.54) is 0 Å². The second-order valence-corrected chi connectivity index (χ2v) is 4.87. The van der Waals surface area contributed by atoms with Crippen LogP contribution in [0, 0.1) is 0 Å². The lowest BCUT2D eigenvalue weighted by Gasteiger charge is -2.05. The van der Waals surface area contributed by atoms with Crippen LogP contribution in [0.4, 0.5) is 0 Å². The molecule has 2 aromatic heterocycles. The van der Waals surface area contributed by atoms with Gasteiger partial charge in [0.1, 0.15) is 0 Å². The number of hydrogen-bond donors (Lipinski definition) is 1. The Morgan fingerprint density at radius 3 is 2.85 bits per heavy atom. The lowest BCUT2D eigenvalue weighted by molar-refractivity contribution is -0.136. The minimum Gasteiger partial charge on any atom is -0.481 e. The zero-order valence-electron chi connectivity index (χ0n) is 10.5. The van der Waals surface area contributed by atoms with Crippen molar-refractivity contribution in [2.45, 2.75) is 6.42 Å². The van der Waals surface area contributed by atoms with Crippen molar-refractivity contribution in [2.24, 2.45) is 0 Å². The van der Waals surface area contributed by atoms with Crippen molar-refractivity contribution >= 4 is 23.1 Å².